The van der Waals surface area contributed by atoms with Gasteiger partial charge in [-0.3, -0.25) is 4.79 Å². The summed E-state index contributed by atoms with van der Waals surface area (Å²) in [5.41, 5.74) is 0. The van der Waals surface area contributed by atoms with E-state index in [0.717, 1.165) is 8.61 Å². The minimum Gasteiger partial charge on any atom is -0.481 e. The minimum atomic E-state index is -3.52. The van der Waals surface area contributed by atoms with Crippen LogP contribution >= 0.6 is 0 Å². The molecule has 0 aromatic heterocycles. The van der Waals surface area contributed by atoms with Crippen molar-refractivity contribution < 1.29 is 23.1 Å². The van der Waals surface area contributed by atoms with Crippen molar-refractivity contribution in [3.05, 3.63) is 0 Å². The highest BCUT2D eigenvalue weighted by molar-refractivity contribution is 7.86. The summed E-state index contributed by atoms with van der Waals surface area (Å²) in [4.78, 5) is 10.5. The highest BCUT2D eigenvalue weighted by Gasteiger charge is 2.41. The number of carboxylic acids is 1. The molecule has 16 heavy (non-hydrogen) atoms. The van der Waals surface area contributed by atoms with Crippen molar-refractivity contribution in [3.63, 3.8) is 0 Å². The molecule has 0 aromatic rings. The minimum absolute atomic E-state index is 0.0506. The molecule has 0 atom stereocenters. The number of carboxylic acid groups (broad SMARTS) is 1. The van der Waals surface area contributed by atoms with Gasteiger partial charge in [-0.05, 0) is 0 Å². The fourth-order valence-corrected chi connectivity index (χ4v) is 2.75. The summed E-state index contributed by atoms with van der Waals surface area (Å²) in [5.74, 6) is -1.53. The van der Waals surface area contributed by atoms with E-state index in [2.05, 4.69) is 0 Å². The Hall–Kier alpha value is -0.700. The Labute approximate surface area is 94.8 Å². The van der Waals surface area contributed by atoms with E-state index in [1.165, 1.54) is 14.2 Å². The number of carbonyl (C=O) groups is 1. The van der Waals surface area contributed by atoms with Crippen molar-refractivity contribution in [2.24, 2.45) is 5.92 Å². The topological polar surface area (TPSA) is 87.2 Å². The highest BCUT2D eigenvalue weighted by atomic mass is 32.2. The van der Waals surface area contributed by atoms with Gasteiger partial charge in [0.15, 0.2) is 0 Å². The smallest absolute Gasteiger partial charge is 0.309 e. The molecule has 8 heteroatoms. The number of likely N-dealkylation sites (N-methyl/N-ethyl adjacent to an activating group) is 1. The van der Waals surface area contributed by atoms with Crippen LogP contribution < -0.4 is 0 Å². The van der Waals surface area contributed by atoms with Gasteiger partial charge in [-0.2, -0.15) is 17.0 Å². The molecule has 0 unspecified atom stereocenters. The average Bonchev–Trinajstić information content (AvgIpc) is 2.10. The molecule has 1 fully saturated rings. The molecule has 0 amide bonds. The quantitative estimate of drug-likeness (QED) is 0.643. The normalized spacial score (nSPS) is 18.7. The number of rotatable bonds is 6. The van der Waals surface area contributed by atoms with Crippen molar-refractivity contribution >= 4 is 16.2 Å². The molecular weight excluding hydrogens is 236 g/mol. The first kappa shape index (κ1) is 13.4. The van der Waals surface area contributed by atoms with Crippen LogP contribution in [0.2, 0.25) is 0 Å². The van der Waals surface area contributed by atoms with Crippen molar-refractivity contribution in [1.82, 2.24) is 8.61 Å². The van der Waals surface area contributed by atoms with Gasteiger partial charge in [0.2, 0.25) is 0 Å². The summed E-state index contributed by atoms with van der Waals surface area (Å²) < 4.78 is 30.7. The molecule has 7 nitrogen and oxygen atoms in total. The first-order valence-electron chi connectivity index (χ1n) is 4.82. The van der Waals surface area contributed by atoms with Gasteiger partial charge in [0, 0.05) is 33.8 Å². The molecule has 0 aliphatic carbocycles. The molecule has 0 aromatic carbocycles. The lowest BCUT2D eigenvalue weighted by Crippen LogP contribution is -2.56. The van der Waals surface area contributed by atoms with Gasteiger partial charge in [0.25, 0.3) is 10.2 Å². The highest BCUT2D eigenvalue weighted by Crippen LogP contribution is 2.21. The van der Waals surface area contributed by atoms with Gasteiger partial charge in [-0.25, -0.2) is 0 Å². The predicted molar refractivity (Wildman–Crippen MR) is 56.1 cm³/mol. The van der Waals surface area contributed by atoms with Gasteiger partial charge in [-0.1, -0.05) is 0 Å². The number of aliphatic carboxylic acids is 1. The van der Waals surface area contributed by atoms with Crippen LogP contribution in [-0.2, 0) is 19.7 Å². The van der Waals surface area contributed by atoms with Crippen molar-refractivity contribution in [2.45, 2.75) is 0 Å². The first-order chi connectivity index (χ1) is 7.39. The van der Waals surface area contributed by atoms with Crippen LogP contribution in [0, 0.1) is 5.92 Å². The summed E-state index contributed by atoms with van der Waals surface area (Å²) >= 11 is 0. The lowest BCUT2D eigenvalue weighted by molar-refractivity contribution is -0.145. The van der Waals surface area contributed by atoms with E-state index in [-0.39, 0.29) is 19.6 Å². The largest absolute Gasteiger partial charge is 0.481 e. The second-order valence-electron chi connectivity index (χ2n) is 3.67. The summed E-state index contributed by atoms with van der Waals surface area (Å²) in [5, 5.41) is 8.64. The van der Waals surface area contributed by atoms with Crippen LogP contribution in [0.4, 0.5) is 0 Å². The molecule has 0 spiro atoms. The van der Waals surface area contributed by atoms with Crippen LogP contribution in [0.1, 0.15) is 0 Å². The van der Waals surface area contributed by atoms with Crippen LogP contribution in [0.3, 0.4) is 0 Å². The van der Waals surface area contributed by atoms with E-state index in [9.17, 15) is 13.2 Å². The van der Waals surface area contributed by atoms with Gasteiger partial charge < -0.3 is 9.84 Å². The van der Waals surface area contributed by atoms with E-state index in [1.807, 2.05) is 0 Å². The maximum atomic E-state index is 11.8. The Morgan fingerprint density at radius 2 is 2.12 bits per heavy atom. The van der Waals surface area contributed by atoms with Crippen LogP contribution in [0.5, 0.6) is 0 Å². The lowest BCUT2D eigenvalue weighted by atomic mass is 10.0. The zero-order valence-electron chi connectivity index (χ0n) is 9.29. The molecule has 94 valence electrons. The number of ether oxygens (including phenoxy) is 1. The van der Waals surface area contributed by atoms with Gasteiger partial charge in [0.05, 0.1) is 12.5 Å². The number of nitrogens with zero attached hydrogens (tertiary/aromatic N) is 2. The average molecular weight is 252 g/mol. The maximum absolute atomic E-state index is 11.8. The Bertz CT molecular complexity index is 349. The summed E-state index contributed by atoms with van der Waals surface area (Å²) in [7, 11) is -0.580. The fourth-order valence-electron chi connectivity index (χ4n) is 1.32. The predicted octanol–water partition coefficient (Wildman–Crippen LogP) is -1.17. The van der Waals surface area contributed by atoms with Gasteiger partial charge in [-0.15, -0.1) is 0 Å². The Morgan fingerprint density at radius 1 is 1.56 bits per heavy atom. The molecule has 1 aliphatic heterocycles. The molecule has 0 bridgehead atoms. The van der Waals surface area contributed by atoms with Crippen molar-refractivity contribution in [3.8, 4) is 0 Å². The molecular formula is C8H16N2O5S. The van der Waals surface area contributed by atoms with Gasteiger partial charge in [0.1, 0.15) is 0 Å². The van der Waals surface area contributed by atoms with Crippen LogP contribution in [0.15, 0.2) is 0 Å². The van der Waals surface area contributed by atoms with E-state index >= 15 is 0 Å². The first-order valence-corrected chi connectivity index (χ1v) is 6.22. The molecule has 1 rings (SSSR count). The monoisotopic (exact) mass is 252 g/mol. The SMILES string of the molecule is COCCN(C)S(=O)(=O)N1CC(C(=O)O)C1. The Kier molecular flexibility index (Phi) is 4.25. The van der Waals surface area contributed by atoms with Crippen molar-refractivity contribution in [1.29, 1.82) is 0 Å². The summed E-state index contributed by atoms with van der Waals surface area (Å²) in [6, 6.07) is 0. The lowest BCUT2D eigenvalue weighted by Gasteiger charge is -2.37. The zero-order valence-corrected chi connectivity index (χ0v) is 10.1. The second-order valence-corrected chi connectivity index (χ2v) is 5.71. The third-order valence-corrected chi connectivity index (χ3v) is 4.45. The molecule has 1 aliphatic rings. The van der Waals surface area contributed by atoms with E-state index < -0.39 is 22.1 Å². The maximum Gasteiger partial charge on any atom is 0.309 e. The number of hydrogen-bond acceptors (Lipinski definition) is 4. The van der Waals surface area contributed by atoms with Gasteiger partial charge >= 0.3 is 5.97 Å². The summed E-state index contributed by atoms with van der Waals surface area (Å²) in [6.07, 6.45) is 0. The van der Waals surface area contributed by atoms with Crippen molar-refractivity contribution in [2.75, 3.05) is 40.4 Å². The molecule has 1 N–H and O–H groups in total. The second kappa shape index (κ2) is 5.09. The molecule has 0 radical (unpaired) electrons. The third-order valence-electron chi connectivity index (χ3n) is 2.53. The van der Waals surface area contributed by atoms with Crippen LogP contribution in [-0.4, -0.2) is 68.5 Å². The molecule has 1 saturated heterocycles. The Balaban J connectivity index is 2.50. The van der Waals surface area contributed by atoms with E-state index in [0.29, 0.717) is 6.61 Å². The fraction of sp³-hybridized carbons (Fsp3) is 0.875. The number of hydrogen-bond donors (Lipinski definition) is 1. The van der Waals surface area contributed by atoms with E-state index in [4.69, 9.17) is 9.84 Å². The van der Waals surface area contributed by atoms with E-state index in [1.54, 1.807) is 0 Å². The third kappa shape index (κ3) is 2.70. The Morgan fingerprint density at radius 3 is 2.56 bits per heavy atom. The van der Waals surface area contributed by atoms with Crippen LogP contribution in [0.25, 0.3) is 0 Å². The summed E-state index contributed by atoms with van der Waals surface area (Å²) in [6.45, 7) is 0.670. The standard InChI is InChI=1S/C8H16N2O5S/c1-9(3-4-15-2)16(13,14)10-5-7(6-10)8(11)12/h7H,3-6H2,1-2H3,(H,11,12). The molecule has 1 heterocycles. The number of methoxy groups -OCH3 is 1. The molecule has 0 saturated carbocycles. The zero-order chi connectivity index (χ0) is 12.3.